The Morgan fingerprint density at radius 1 is 0.969 bits per heavy atom. The van der Waals surface area contributed by atoms with Gasteiger partial charge in [0.2, 0.25) is 0 Å². The normalized spacial score (nSPS) is 12.7. The van der Waals surface area contributed by atoms with Gasteiger partial charge < -0.3 is 0 Å². The van der Waals surface area contributed by atoms with Crippen LogP contribution in [0.1, 0.15) is 70.3 Å². The van der Waals surface area contributed by atoms with Gasteiger partial charge in [-0.3, -0.25) is 0 Å². The molecule has 0 amide bonds. The van der Waals surface area contributed by atoms with Gasteiger partial charge in [-0.15, -0.1) is 0 Å². The summed E-state index contributed by atoms with van der Waals surface area (Å²) >= 11 is 0. The molecule has 2 nitrogen and oxygen atoms in total. The van der Waals surface area contributed by atoms with Crippen LogP contribution in [0.3, 0.4) is 0 Å². The molecule has 0 spiro atoms. The lowest BCUT2D eigenvalue weighted by Crippen LogP contribution is -2.32. The Morgan fingerprint density at radius 2 is 1.56 bits per heavy atom. The summed E-state index contributed by atoms with van der Waals surface area (Å²) in [5.41, 5.74) is 8.92. The summed E-state index contributed by atoms with van der Waals surface area (Å²) in [6, 6.07) is 15.5. The summed E-state index contributed by atoms with van der Waals surface area (Å²) in [7, 11) is 2.12. The predicted molar refractivity (Wildman–Crippen MR) is 138 cm³/mol. The molecule has 0 fully saturated rings. The molecule has 166 valence electrons. The highest BCUT2D eigenvalue weighted by atomic mass is 15.1. The van der Waals surface area contributed by atoms with Crippen molar-refractivity contribution < 1.29 is 4.57 Å². The quantitative estimate of drug-likeness (QED) is 0.270. The van der Waals surface area contributed by atoms with Crippen LogP contribution in [-0.2, 0) is 7.05 Å². The van der Waals surface area contributed by atoms with Crippen LogP contribution in [0.15, 0.2) is 85.2 Å². The lowest BCUT2D eigenvalue weighted by molar-refractivity contribution is -0.672. The Morgan fingerprint density at radius 3 is 2.06 bits per heavy atom. The van der Waals surface area contributed by atoms with Crippen LogP contribution in [0.2, 0.25) is 0 Å². The summed E-state index contributed by atoms with van der Waals surface area (Å²) in [6.45, 7) is 17.4. The zero-order valence-electron chi connectivity index (χ0n) is 20.7. The van der Waals surface area contributed by atoms with Gasteiger partial charge in [0.15, 0.2) is 0 Å². The lowest BCUT2D eigenvalue weighted by Gasteiger charge is -2.20. The van der Waals surface area contributed by atoms with E-state index in [4.69, 9.17) is 0 Å². The Bertz CT molecular complexity index is 1130. The van der Waals surface area contributed by atoms with E-state index in [0.29, 0.717) is 11.8 Å². The van der Waals surface area contributed by atoms with E-state index in [1.54, 1.807) is 0 Å². The maximum absolute atomic E-state index is 4.03. The lowest BCUT2D eigenvalue weighted by atomic mass is 9.88. The molecule has 0 radical (unpaired) electrons. The summed E-state index contributed by atoms with van der Waals surface area (Å²) in [5.74, 6) is 1.94. The molecular weight excluding hydrogens is 388 g/mol. The van der Waals surface area contributed by atoms with E-state index >= 15 is 0 Å². The highest BCUT2D eigenvalue weighted by Gasteiger charge is 2.27. The van der Waals surface area contributed by atoms with E-state index < -0.39 is 0 Å². The smallest absolute Gasteiger partial charge is 0.232 e. The van der Waals surface area contributed by atoms with Crippen molar-refractivity contribution in [2.45, 2.75) is 53.4 Å². The maximum atomic E-state index is 4.03. The standard InChI is InChI=1S/C30H37N2/c1-9-14-26(23(7)10-2)30-31(8)17-18-32(30)29-27(21(3)4)19-25(20-28(29)22(5)6)24-15-12-11-13-16-24/h9-22H,2H2,1,3-8H3/q+1. The van der Waals surface area contributed by atoms with Crippen LogP contribution >= 0.6 is 0 Å². The molecule has 0 N–H and O–H groups in total. The van der Waals surface area contributed by atoms with Crippen LogP contribution < -0.4 is 4.57 Å². The van der Waals surface area contributed by atoms with Crippen LogP contribution in [0.25, 0.3) is 22.4 Å². The molecular formula is C30H37N2+. The molecule has 1 aromatic heterocycles. The van der Waals surface area contributed by atoms with Gasteiger partial charge in [-0.05, 0) is 54.5 Å². The molecule has 0 aliphatic heterocycles. The third-order valence-electron chi connectivity index (χ3n) is 6.07. The van der Waals surface area contributed by atoms with Crippen LogP contribution in [0, 0.1) is 0 Å². The third kappa shape index (κ3) is 4.55. The number of nitrogens with zero attached hydrogens (tertiary/aromatic N) is 2. The summed E-state index contributed by atoms with van der Waals surface area (Å²) in [6.07, 6.45) is 10.6. The number of aromatic nitrogens is 2. The Labute approximate surface area is 194 Å². The number of imidazole rings is 1. The summed E-state index contributed by atoms with van der Waals surface area (Å²) in [4.78, 5) is 0. The van der Waals surface area contributed by atoms with E-state index in [1.165, 1.54) is 33.5 Å². The monoisotopic (exact) mass is 425 g/mol. The molecule has 0 bridgehead atoms. The van der Waals surface area contributed by atoms with Crippen molar-refractivity contribution in [3.8, 4) is 16.8 Å². The van der Waals surface area contributed by atoms with Gasteiger partial charge in [-0.25, -0.2) is 4.57 Å². The first-order valence-electron chi connectivity index (χ1n) is 11.6. The fraction of sp³-hybridized carbons (Fsp3) is 0.300. The van der Waals surface area contributed by atoms with Crippen LogP contribution in [-0.4, -0.2) is 4.57 Å². The fourth-order valence-corrected chi connectivity index (χ4v) is 4.27. The SMILES string of the molecule is C=CC(C)=C(C=CC)c1n(-c2c(C(C)C)cc(-c3ccccc3)cc2C(C)C)cc[n+]1C. The van der Waals surface area contributed by atoms with Crippen molar-refractivity contribution >= 4 is 5.57 Å². The van der Waals surface area contributed by atoms with Crippen molar-refractivity contribution in [1.29, 1.82) is 0 Å². The first-order chi connectivity index (χ1) is 15.3. The first kappa shape index (κ1) is 23.5. The van der Waals surface area contributed by atoms with Gasteiger partial charge in [0.1, 0.15) is 18.1 Å². The number of aryl methyl sites for hydroxylation is 1. The molecule has 0 aliphatic carbocycles. The average molecular weight is 426 g/mol. The molecule has 0 saturated heterocycles. The van der Waals surface area contributed by atoms with Crippen LogP contribution in [0.5, 0.6) is 0 Å². The fourth-order valence-electron chi connectivity index (χ4n) is 4.27. The van der Waals surface area contributed by atoms with Gasteiger partial charge >= 0.3 is 0 Å². The topological polar surface area (TPSA) is 8.81 Å². The minimum absolute atomic E-state index is 0.390. The number of benzene rings is 2. The summed E-state index contributed by atoms with van der Waals surface area (Å²) in [5, 5.41) is 0. The van der Waals surface area contributed by atoms with Crippen LogP contribution in [0.4, 0.5) is 0 Å². The number of rotatable bonds is 7. The number of hydrogen-bond acceptors (Lipinski definition) is 0. The minimum atomic E-state index is 0.390. The molecule has 0 atom stereocenters. The van der Waals surface area contributed by atoms with Gasteiger partial charge in [-0.1, -0.05) is 82.8 Å². The Kier molecular flexibility index (Phi) is 7.35. The van der Waals surface area contributed by atoms with Gasteiger partial charge in [0.25, 0.3) is 5.82 Å². The molecule has 0 unspecified atom stereocenters. The minimum Gasteiger partial charge on any atom is -0.232 e. The van der Waals surface area contributed by atoms with Crippen molar-refractivity contribution in [3.63, 3.8) is 0 Å². The third-order valence-corrected chi connectivity index (χ3v) is 6.07. The molecule has 0 saturated carbocycles. The molecule has 2 heteroatoms. The van der Waals surface area contributed by atoms with Crippen molar-refractivity contribution in [2.75, 3.05) is 0 Å². The van der Waals surface area contributed by atoms with Crippen molar-refractivity contribution in [1.82, 2.24) is 4.57 Å². The number of hydrogen-bond donors (Lipinski definition) is 0. The second kappa shape index (κ2) is 9.99. The maximum Gasteiger partial charge on any atom is 0.294 e. The molecule has 1 heterocycles. The Hall–Kier alpha value is -3.13. The van der Waals surface area contributed by atoms with E-state index in [9.17, 15) is 0 Å². The molecule has 3 rings (SSSR count). The second-order valence-corrected chi connectivity index (χ2v) is 9.08. The molecule has 2 aromatic carbocycles. The largest absolute Gasteiger partial charge is 0.294 e. The van der Waals surface area contributed by atoms with E-state index in [0.717, 1.165) is 11.4 Å². The second-order valence-electron chi connectivity index (χ2n) is 9.08. The predicted octanol–water partition coefficient (Wildman–Crippen LogP) is 7.75. The average Bonchev–Trinajstić information content (AvgIpc) is 3.17. The zero-order chi connectivity index (χ0) is 23.4. The van der Waals surface area contributed by atoms with E-state index in [-0.39, 0.29) is 0 Å². The summed E-state index contributed by atoms with van der Waals surface area (Å²) < 4.78 is 4.59. The van der Waals surface area contributed by atoms with E-state index in [1.807, 2.05) is 6.08 Å². The molecule has 0 aliphatic rings. The Balaban J connectivity index is 2.40. The van der Waals surface area contributed by atoms with Gasteiger partial charge in [-0.2, -0.15) is 4.57 Å². The number of allylic oxidation sites excluding steroid dienone is 5. The first-order valence-corrected chi connectivity index (χ1v) is 11.6. The zero-order valence-corrected chi connectivity index (χ0v) is 20.7. The van der Waals surface area contributed by atoms with Gasteiger partial charge in [0.05, 0.1) is 12.6 Å². The van der Waals surface area contributed by atoms with E-state index in [2.05, 4.69) is 131 Å². The highest BCUT2D eigenvalue weighted by molar-refractivity contribution is 5.76. The van der Waals surface area contributed by atoms with Crippen molar-refractivity contribution in [3.05, 3.63) is 102 Å². The molecule has 32 heavy (non-hydrogen) atoms. The van der Waals surface area contributed by atoms with Crippen molar-refractivity contribution in [2.24, 2.45) is 7.05 Å². The van der Waals surface area contributed by atoms with Gasteiger partial charge in [0, 0.05) is 11.1 Å². The highest BCUT2D eigenvalue weighted by Crippen LogP contribution is 2.37. The molecule has 3 aromatic rings.